The number of rotatable bonds is 7. The van der Waals surface area contributed by atoms with Crippen LogP contribution in [0, 0.1) is 51.8 Å². The molecular weight excluding hydrogens is 682 g/mol. The molecule has 6 fully saturated rings. The molecule has 0 radical (unpaired) electrons. The van der Waals surface area contributed by atoms with Crippen LogP contribution >= 0.6 is 0 Å². The second kappa shape index (κ2) is 12.5. The Balaban J connectivity index is 1.12. The summed E-state index contributed by atoms with van der Waals surface area (Å²) in [5, 5.41) is 59.5. The summed E-state index contributed by atoms with van der Waals surface area (Å²) >= 11 is 0. The lowest BCUT2D eigenvalue weighted by atomic mass is 9.42. The summed E-state index contributed by atoms with van der Waals surface area (Å²) in [6, 6.07) is 5.49. The third-order valence-electron chi connectivity index (χ3n) is 17.1. The Bertz CT molecular complexity index is 1780. The Morgan fingerprint density at radius 2 is 1.74 bits per heavy atom. The molecule has 54 heavy (non-hydrogen) atoms. The Hall–Kier alpha value is -2.56. The molecule has 8 aliphatic rings. The Morgan fingerprint density at radius 3 is 2.48 bits per heavy atom. The van der Waals surface area contributed by atoms with E-state index in [0.717, 1.165) is 36.8 Å². The van der Waals surface area contributed by atoms with Crippen LogP contribution in [-0.4, -0.2) is 79.4 Å². The molecule has 2 aliphatic heterocycles. The number of fused-ring (bicyclic) bond motifs is 4. The largest absolute Gasteiger partial charge is 0.508 e. The minimum absolute atomic E-state index is 0.0240. The van der Waals surface area contributed by atoms with E-state index in [1.165, 1.54) is 0 Å². The fraction of sp³-hybridized carbons (Fsp3) is 0.733. The van der Waals surface area contributed by atoms with Gasteiger partial charge in [0.2, 0.25) is 5.91 Å². The van der Waals surface area contributed by atoms with Crippen LogP contribution in [0.4, 0.5) is 5.69 Å². The average molecular weight is 744 g/mol. The number of epoxide rings is 1. The van der Waals surface area contributed by atoms with E-state index in [-0.39, 0.29) is 71.6 Å². The van der Waals surface area contributed by atoms with Gasteiger partial charge in [0.1, 0.15) is 17.5 Å². The quantitative estimate of drug-likeness (QED) is 0.174. The van der Waals surface area contributed by atoms with Crippen molar-refractivity contribution in [3.8, 4) is 5.75 Å². The topological polar surface area (TPSA) is 151 Å². The number of anilines is 1. The van der Waals surface area contributed by atoms with Crippen LogP contribution in [0.3, 0.4) is 0 Å². The van der Waals surface area contributed by atoms with Crippen molar-refractivity contribution in [2.75, 3.05) is 11.4 Å². The van der Waals surface area contributed by atoms with E-state index in [9.17, 15) is 35.1 Å². The van der Waals surface area contributed by atoms with Crippen LogP contribution in [0.25, 0.3) is 0 Å². The molecule has 0 unspecified atom stereocenters. The lowest BCUT2D eigenvalue weighted by molar-refractivity contribution is -0.182. The van der Waals surface area contributed by atoms with Crippen molar-refractivity contribution in [1.29, 1.82) is 0 Å². The summed E-state index contributed by atoms with van der Waals surface area (Å²) in [6.07, 6.45) is 12.2. The molecule has 1 aromatic rings. The highest BCUT2D eigenvalue weighted by atomic mass is 16.6. The minimum atomic E-state index is -1.41. The van der Waals surface area contributed by atoms with Gasteiger partial charge in [-0.3, -0.25) is 9.59 Å². The molecule has 0 bridgehead atoms. The van der Waals surface area contributed by atoms with E-state index in [1.807, 2.05) is 11.0 Å². The molecule has 13 atom stereocenters. The number of hydrogen-bond acceptors (Lipinski definition) is 8. The number of carbonyl (C=O) groups excluding carboxylic acids is 2. The van der Waals surface area contributed by atoms with E-state index < -0.39 is 40.2 Å². The number of aromatic hydroxyl groups is 1. The first-order valence-electron chi connectivity index (χ1n) is 21.1. The lowest BCUT2D eigenvalue weighted by Crippen LogP contribution is -2.66. The SMILES string of the molecule is CC(C)[C@@H](C)[C@H]1O[C@H]1[C@]1(O)CC=C[C@H]2C[C@@H]3C(=CC(=O)[C@H]4C[C@@H](O)[C@@H](O)C[C@@]43C)[C@@]3(O)CC[C@H]1[C@@]23CCc1cc(O)cc(N2CC3(CCCC3)CC2=O)c1. The predicted molar refractivity (Wildman–Crippen MR) is 203 cm³/mol. The van der Waals surface area contributed by atoms with Gasteiger partial charge in [-0.05, 0) is 128 Å². The van der Waals surface area contributed by atoms with Crippen LogP contribution in [0.2, 0.25) is 0 Å². The highest BCUT2D eigenvalue weighted by Gasteiger charge is 2.75. The third-order valence-corrected chi connectivity index (χ3v) is 17.1. The van der Waals surface area contributed by atoms with Crippen molar-refractivity contribution in [2.45, 2.75) is 147 Å². The van der Waals surface area contributed by atoms with Gasteiger partial charge in [-0.15, -0.1) is 0 Å². The fourth-order valence-corrected chi connectivity index (χ4v) is 13.9. The summed E-state index contributed by atoms with van der Waals surface area (Å²) < 4.78 is 6.42. The van der Waals surface area contributed by atoms with Crippen molar-refractivity contribution < 1.29 is 39.9 Å². The van der Waals surface area contributed by atoms with Crippen molar-refractivity contribution in [3.63, 3.8) is 0 Å². The minimum Gasteiger partial charge on any atom is -0.508 e. The molecule has 2 heterocycles. The number of nitrogens with zero attached hydrogens (tertiary/aromatic N) is 1. The van der Waals surface area contributed by atoms with E-state index in [4.69, 9.17) is 4.74 Å². The van der Waals surface area contributed by atoms with E-state index >= 15 is 0 Å². The lowest BCUT2D eigenvalue weighted by Gasteiger charge is -2.63. The maximum Gasteiger partial charge on any atom is 0.227 e. The molecule has 6 aliphatic carbocycles. The number of aliphatic hydroxyl groups is 4. The second-order valence-electron chi connectivity index (χ2n) is 20.0. The van der Waals surface area contributed by atoms with Crippen LogP contribution in [0.5, 0.6) is 5.75 Å². The van der Waals surface area contributed by atoms with Gasteiger partial charge in [0.05, 0.1) is 23.9 Å². The molecule has 2 saturated heterocycles. The zero-order valence-electron chi connectivity index (χ0n) is 32.5. The van der Waals surface area contributed by atoms with Gasteiger partial charge >= 0.3 is 0 Å². The smallest absolute Gasteiger partial charge is 0.227 e. The first-order chi connectivity index (χ1) is 25.5. The number of ether oxygens (including phenoxy) is 1. The molecule has 1 amide bonds. The number of aliphatic hydroxyl groups excluding tert-OH is 2. The molecule has 0 aromatic heterocycles. The molecule has 9 rings (SSSR count). The first-order valence-corrected chi connectivity index (χ1v) is 21.1. The number of hydrogen-bond donors (Lipinski definition) is 5. The molecule has 1 spiro atoms. The van der Waals surface area contributed by atoms with Gasteiger partial charge in [-0.1, -0.05) is 52.7 Å². The van der Waals surface area contributed by atoms with Crippen LogP contribution < -0.4 is 4.90 Å². The molecule has 294 valence electrons. The van der Waals surface area contributed by atoms with Crippen molar-refractivity contribution >= 4 is 17.4 Å². The number of phenolic OH excluding ortho intramolecular Hbond substituents is 1. The van der Waals surface area contributed by atoms with E-state index in [2.05, 4.69) is 39.8 Å². The Labute approximate surface area is 319 Å². The second-order valence-corrected chi connectivity index (χ2v) is 20.0. The highest BCUT2D eigenvalue weighted by Crippen LogP contribution is 2.73. The van der Waals surface area contributed by atoms with Crippen molar-refractivity contribution in [3.05, 3.63) is 47.6 Å². The number of ketones is 1. The van der Waals surface area contributed by atoms with Gasteiger partial charge in [0, 0.05) is 42.0 Å². The fourth-order valence-electron chi connectivity index (χ4n) is 13.9. The zero-order valence-corrected chi connectivity index (χ0v) is 32.5. The summed E-state index contributed by atoms with van der Waals surface area (Å²) in [4.78, 5) is 29.4. The Kier molecular flexibility index (Phi) is 8.55. The van der Waals surface area contributed by atoms with Crippen LogP contribution in [0.1, 0.15) is 110 Å². The van der Waals surface area contributed by atoms with Crippen molar-refractivity contribution in [1.82, 2.24) is 0 Å². The highest BCUT2D eigenvalue weighted by molar-refractivity contribution is 5.97. The van der Waals surface area contributed by atoms with Gasteiger partial charge in [-0.2, -0.15) is 0 Å². The number of benzene rings is 1. The zero-order chi connectivity index (χ0) is 38.2. The van der Waals surface area contributed by atoms with E-state index in [0.29, 0.717) is 63.1 Å². The maximum atomic E-state index is 14.1. The number of allylic oxidation sites excluding steroid dienone is 2. The van der Waals surface area contributed by atoms with Gasteiger partial charge in [0.25, 0.3) is 0 Å². The molecule has 4 saturated carbocycles. The van der Waals surface area contributed by atoms with Gasteiger partial charge < -0.3 is 35.2 Å². The average Bonchev–Trinajstić information content (AvgIpc) is 3.58. The normalized spacial score (nSPS) is 45.3. The number of carbonyl (C=O) groups is 2. The molecule has 9 heteroatoms. The van der Waals surface area contributed by atoms with Crippen LogP contribution in [-0.2, 0) is 20.7 Å². The van der Waals surface area contributed by atoms with Gasteiger partial charge in [-0.25, -0.2) is 0 Å². The first kappa shape index (κ1) is 37.0. The summed E-state index contributed by atoms with van der Waals surface area (Å²) in [7, 11) is 0. The summed E-state index contributed by atoms with van der Waals surface area (Å²) in [5.41, 5.74) is -1.78. The van der Waals surface area contributed by atoms with E-state index in [1.54, 1.807) is 18.2 Å². The number of amides is 1. The maximum absolute atomic E-state index is 14.1. The molecule has 5 N–H and O–H groups in total. The molecule has 9 nitrogen and oxygen atoms in total. The molecule has 1 aromatic carbocycles. The monoisotopic (exact) mass is 743 g/mol. The Morgan fingerprint density at radius 1 is 0.981 bits per heavy atom. The summed E-state index contributed by atoms with van der Waals surface area (Å²) in [5.74, 6) is -0.340. The molecular formula is C45H61NO8. The van der Waals surface area contributed by atoms with Crippen LogP contribution in [0.15, 0.2) is 42.0 Å². The standard InChI is InChI=1S/C45H61NO8/c1-25(2)26(3)39-40(54-39)44(52)13-7-8-28-18-31-32(20-34(48)33-21-35(49)36(50)22-41(31,33)4)45(53)15-10-37(44)43(28,45)14-9-27-16-29(19-30(47)17-27)46-24-42(23-38(46)51)11-5-6-12-42/h7-8,16-17,19-20,25-26,28,31,33,35-37,39-40,47,49-50,52-53H,5-6,9-15,18,21-24H2,1-4H3/t26-,28+,31-,33-,35-,36+,37+,39-,40-,41-,43-,44+,45+/m1/s1. The number of phenols is 1. The predicted octanol–water partition coefficient (Wildman–Crippen LogP) is 5.78. The summed E-state index contributed by atoms with van der Waals surface area (Å²) in [6.45, 7) is 9.29. The van der Waals surface area contributed by atoms with Gasteiger partial charge in [0.15, 0.2) is 5.78 Å². The third kappa shape index (κ3) is 5.19. The number of aryl methyl sites for hydroxylation is 1. The van der Waals surface area contributed by atoms with Crippen molar-refractivity contribution in [2.24, 2.45) is 51.8 Å².